The lowest BCUT2D eigenvalue weighted by Crippen LogP contribution is -2.32. The average molecular weight is 432 g/mol. The number of nitrogens with zero attached hydrogens (tertiary/aromatic N) is 4. The fourth-order valence-corrected chi connectivity index (χ4v) is 2.58. The number of ether oxygens (including phenoxy) is 1. The van der Waals surface area contributed by atoms with Crippen molar-refractivity contribution in [2.45, 2.75) is 13.1 Å². The Morgan fingerprint density at radius 2 is 1.97 bits per heavy atom. The normalized spacial score (nSPS) is 12.1. The number of benzene rings is 2. The molecule has 0 atom stereocenters. The molecular formula is C19H19ClFN7O2. The van der Waals surface area contributed by atoms with Gasteiger partial charge >= 0.3 is 0 Å². The zero-order chi connectivity index (χ0) is 21.5. The van der Waals surface area contributed by atoms with Gasteiger partial charge in [0.1, 0.15) is 17.3 Å². The molecule has 0 fully saturated rings. The smallest absolute Gasteiger partial charge is 0.189 e. The Balaban J connectivity index is 1.63. The molecule has 0 radical (unpaired) electrons. The molecular weight excluding hydrogens is 413 g/mol. The number of rotatable bonds is 7. The molecule has 0 bridgehead atoms. The van der Waals surface area contributed by atoms with Crippen LogP contribution in [0, 0.1) is 5.82 Å². The predicted molar refractivity (Wildman–Crippen MR) is 111 cm³/mol. The van der Waals surface area contributed by atoms with Gasteiger partial charge in [0.15, 0.2) is 17.5 Å². The second kappa shape index (κ2) is 9.70. The van der Waals surface area contributed by atoms with Crippen LogP contribution in [0.25, 0.3) is 0 Å². The fourth-order valence-electron chi connectivity index (χ4n) is 2.40. The van der Waals surface area contributed by atoms with Gasteiger partial charge in [0, 0.05) is 0 Å². The third kappa shape index (κ3) is 5.45. The Morgan fingerprint density at radius 3 is 2.67 bits per heavy atom. The third-order valence-electron chi connectivity index (χ3n) is 3.98. The molecule has 0 aliphatic carbocycles. The van der Waals surface area contributed by atoms with Crippen LogP contribution in [0.4, 0.5) is 10.1 Å². The molecule has 11 heteroatoms. The summed E-state index contributed by atoms with van der Waals surface area (Å²) in [5, 5.41) is 10.4. The van der Waals surface area contributed by atoms with E-state index in [1.54, 1.807) is 7.11 Å². The van der Waals surface area contributed by atoms with Crippen molar-refractivity contribution in [1.29, 1.82) is 0 Å². The maximum Gasteiger partial charge on any atom is 0.189 e. The van der Waals surface area contributed by atoms with Crippen LogP contribution in [0.2, 0.25) is 5.02 Å². The number of amidine groups is 1. The van der Waals surface area contributed by atoms with E-state index in [9.17, 15) is 4.39 Å². The minimum absolute atomic E-state index is 0.0319. The van der Waals surface area contributed by atoms with E-state index in [-0.39, 0.29) is 29.1 Å². The molecule has 1 aromatic heterocycles. The molecule has 9 nitrogen and oxygen atoms in total. The highest BCUT2D eigenvalue weighted by Crippen LogP contribution is 2.22. The van der Waals surface area contributed by atoms with E-state index in [0.29, 0.717) is 17.9 Å². The summed E-state index contributed by atoms with van der Waals surface area (Å²) in [5.41, 5.74) is 13.8. The number of aromatic nitrogens is 2. The molecule has 5 N–H and O–H groups in total. The van der Waals surface area contributed by atoms with Gasteiger partial charge in [-0.25, -0.2) is 19.0 Å². The first-order valence-corrected chi connectivity index (χ1v) is 9.12. The maximum absolute atomic E-state index is 13.3. The number of hydrogen-bond donors (Lipinski definition) is 3. The van der Waals surface area contributed by atoms with Crippen molar-refractivity contribution in [3.63, 3.8) is 0 Å². The van der Waals surface area contributed by atoms with E-state index in [2.05, 4.69) is 25.6 Å². The molecule has 0 unspecified atom stereocenters. The Hall–Kier alpha value is -3.66. The van der Waals surface area contributed by atoms with Crippen LogP contribution < -0.4 is 21.5 Å². The first-order chi connectivity index (χ1) is 14.5. The lowest BCUT2D eigenvalue weighted by molar-refractivity contribution is 0.302. The van der Waals surface area contributed by atoms with Gasteiger partial charge in [-0.3, -0.25) is 0 Å². The van der Waals surface area contributed by atoms with Gasteiger partial charge in [-0.15, -0.1) is 0 Å². The molecule has 0 saturated carbocycles. The molecule has 0 saturated heterocycles. The van der Waals surface area contributed by atoms with Crippen molar-refractivity contribution in [2.75, 3.05) is 7.11 Å². The second-order valence-electron chi connectivity index (χ2n) is 6.06. The number of guanidine groups is 1. The van der Waals surface area contributed by atoms with Crippen LogP contribution in [0.5, 0.6) is 5.75 Å². The van der Waals surface area contributed by atoms with Crippen molar-refractivity contribution in [1.82, 2.24) is 15.6 Å². The number of aliphatic imine (C=N–C) groups is 2. The van der Waals surface area contributed by atoms with Crippen LogP contribution in [0.1, 0.15) is 17.0 Å². The Bertz CT molecular complexity index is 1070. The monoisotopic (exact) mass is 431 g/mol. The van der Waals surface area contributed by atoms with Gasteiger partial charge in [-0.1, -0.05) is 28.9 Å². The lowest BCUT2D eigenvalue weighted by Gasteiger charge is -2.05. The highest BCUT2D eigenvalue weighted by Gasteiger charge is 2.14. The standard InChI is InChI=1S/C19H19ClFN7O2/c1-29-13-5-2-11(3-6-13)9-24-19(23)25-10-16-17(28-30-27-16)18(22)26-12-4-7-15(21)14(20)8-12/h2-8H,9-10H2,1H3,(H2,22,26)(H3,23,24,25). The van der Waals surface area contributed by atoms with Crippen LogP contribution in [0.15, 0.2) is 57.1 Å². The van der Waals surface area contributed by atoms with Crippen molar-refractivity contribution in [3.8, 4) is 5.75 Å². The summed E-state index contributed by atoms with van der Waals surface area (Å²) in [4.78, 5) is 8.42. The van der Waals surface area contributed by atoms with E-state index < -0.39 is 5.82 Å². The summed E-state index contributed by atoms with van der Waals surface area (Å²) in [5.74, 6) is 0.457. The van der Waals surface area contributed by atoms with Crippen molar-refractivity contribution in [3.05, 3.63) is 70.3 Å². The molecule has 3 aromatic rings. The molecule has 1 heterocycles. The quantitative estimate of drug-likeness (QED) is 0.386. The molecule has 2 aromatic carbocycles. The topological polar surface area (TPSA) is 137 Å². The highest BCUT2D eigenvalue weighted by atomic mass is 35.5. The van der Waals surface area contributed by atoms with Crippen molar-refractivity contribution in [2.24, 2.45) is 21.5 Å². The zero-order valence-corrected chi connectivity index (χ0v) is 16.7. The zero-order valence-electron chi connectivity index (χ0n) is 16.0. The third-order valence-corrected chi connectivity index (χ3v) is 4.27. The number of hydrogen-bond acceptors (Lipinski definition) is 6. The average Bonchev–Trinajstić information content (AvgIpc) is 3.22. The van der Waals surface area contributed by atoms with Gasteiger partial charge < -0.3 is 21.5 Å². The molecule has 0 aliphatic rings. The Kier molecular flexibility index (Phi) is 6.81. The Morgan fingerprint density at radius 1 is 1.20 bits per heavy atom. The van der Waals surface area contributed by atoms with E-state index in [4.69, 9.17) is 32.4 Å². The second-order valence-corrected chi connectivity index (χ2v) is 6.47. The first-order valence-electron chi connectivity index (χ1n) is 8.74. The number of methoxy groups -OCH3 is 1. The van der Waals surface area contributed by atoms with Crippen LogP contribution in [-0.2, 0) is 13.1 Å². The van der Waals surface area contributed by atoms with Gasteiger partial charge in [0.05, 0.1) is 30.9 Å². The van der Waals surface area contributed by atoms with E-state index in [0.717, 1.165) is 11.3 Å². The predicted octanol–water partition coefficient (Wildman–Crippen LogP) is 2.51. The van der Waals surface area contributed by atoms with Crippen LogP contribution >= 0.6 is 11.6 Å². The van der Waals surface area contributed by atoms with Crippen LogP contribution in [0.3, 0.4) is 0 Å². The van der Waals surface area contributed by atoms with E-state index in [1.165, 1.54) is 18.2 Å². The largest absolute Gasteiger partial charge is 0.497 e. The minimum atomic E-state index is -0.549. The van der Waals surface area contributed by atoms with Gasteiger partial charge in [-0.05, 0) is 41.1 Å². The molecule has 0 amide bonds. The Labute approximate surface area is 176 Å². The van der Waals surface area contributed by atoms with Gasteiger partial charge in [-0.2, -0.15) is 0 Å². The fraction of sp³-hybridized carbons (Fsp3) is 0.158. The number of nitrogens with one attached hydrogen (secondary N) is 1. The first kappa shape index (κ1) is 21.1. The number of halogens is 2. The molecule has 0 aliphatic heterocycles. The van der Waals surface area contributed by atoms with Crippen LogP contribution in [-0.4, -0.2) is 29.2 Å². The SMILES string of the molecule is COc1ccc(CN=C(N)NCc2nonc2C(N)=Nc2ccc(F)c(Cl)c2)cc1. The highest BCUT2D eigenvalue weighted by molar-refractivity contribution is 6.31. The van der Waals surface area contributed by atoms with E-state index in [1.807, 2.05) is 24.3 Å². The minimum Gasteiger partial charge on any atom is -0.497 e. The lowest BCUT2D eigenvalue weighted by atomic mass is 10.2. The molecule has 156 valence electrons. The molecule has 3 rings (SSSR count). The summed E-state index contributed by atoms with van der Waals surface area (Å²) >= 11 is 5.75. The maximum atomic E-state index is 13.3. The summed E-state index contributed by atoms with van der Waals surface area (Å²) in [6, 6.07) is 11.5. The summed E-state index contributed by atoms with van der Waals surface area (Å²) < 4.78 is 23.1. The summed E-state index contributed by atoms with van der Waals surface area (Å²) in [7, 11) is 1.61. The summed E-state index contributed by atoms with van der Waals surface area (Å²) in [6.45, 7) is 0.554. The van der Waals surface area contributed by atoms with Gasteiger partial charge in [0.2, 0.25) is 0 Å². The van der Waals surface area contributed by atoms with E-state index >= 15 is 0 Å². The van der Waals surface area contributed by atoms with Crippen molar-refractivity contribution < 1.29 is 13.8 Å². The summed E-state index contributed by atoms with van der Waals surface area (Å²) in [6.07, 6.45) is 0. The molecule has 0 spiro atoms. The van der Waals surface area contributed by atoms with Gasteiger partial charge in [0.25, 0.3) is 0 Å². The van der Waals surface area contributed by atoms with Crippen molar-refractivity contribution >= 4 is 29.1 Å². The molecule has 30 heavy (non-hydrogen) atoms. The number of nitrogens with two attached hydrogens (primary N) is 2.